The van der Waals surface area contributed by atoms with E-state index in [1.54, 1.807) is 0 Å². The van der Waals surface area contributed by atoms with Crippen molar-refractivity contribution in [2.24, 2.45) is 11.8 Å². The number of nitrogens with zero attached hydrogens (tertiary/aromatic N) is 1. The Bertz CT molecular complexity index is 767. The summed E-state index contributed by atoms with van der Waals surface area (Å²) in [6, 6.07) is 13.7. The van der Waals surface area contributed by atoms with E-state index in [0.29, 0.717) is 0 Å². The molecule has 1 heteroatoms. The van der Waals surface area contributed by atoms with Crippen LogP contribution in [0.1, 0.15) is 134 Å². The van der Waals surface area contributed by atoms with Gasteiger partial charge in [-0.1, -0.05) is 140 Å². The van der Waals surface area contributed by atoms with Gasteiger partial charge in [-0.3, -0.25) is 4.98 Å². The van der Waals surface area contributed by atoms with Gasteiger partial charge in [-0.2, -0.15) is 0 Å². The number of hydrogen-bond donors (Lipinski definition) is 0. The van der Waals surface area contributed by atoms with Gasteiger partial charge in [0.25, 0.3) is 0 Å². The van der Waals surface area contributed by atoms with Crippen LogP contribution >= 0.6 is 0 Å². The van der Waals surface area contributed by atoms with Gasteiger partial charge in [-0.05, 0) is 54.7 Å². The average Bonchev–Trinajstić information content (AvgIpc) is 2.91. The molecule has 0 aliphatic heterocycles. The number of unbranched alkanes of at least 4 members (excludes halogenated alkanes) is 9. The van der Waals surface area contributed by atoms with E-state index >= 15 is 0 Å². The van der Waals surface area contributed by atoms with Crippen LogP contribution in [0.5, 0.6) is 0 Å². The summed E-state index contributed by atoms with van der Waals surface area (Å²) in [5, 5.41) is 0. The maximum atomic E-state index is 4.81. The van der Waals surface area contributed by atoms with Crippen molar-refractivity contribution in [2.45, 2.75) is 136 Å². The third-order valence-electron chi connectivity index (χ3n) is 8.42. The first kappa shape index (κ1) is 27.9. The summed E-state index contributed by atoms with van der Waals surface area (Å²) in [5.41, 5.74) is 5.23. The summed E-state index contributed by atoms with van der Waals surface area (Å²) in [5.74, 6) is 1.95. The highest BCUT2D eigenvalue weighted by Crippen LogP contribution is 2.34. The van der Waals surface area contributed by atoms with Gasteiger partial charge in [-0.25, -0.2) is 0 Å². The van der Waals surface area contributed by atoms with Crippen LogP contribution in [0, 0.1) is 11.8 Å². The molecule has 3 rings (SSSR count). The first-order chi connectivity index (χ1) is 17.3. The molecule has 1 aromatic carbocycles. The van der Waals surface area contributed by atoms with E-state index in [0.717, 1.165) is 17.5 Å². The zero-order chi connectivity index (χ0) is 24.6. The van der Waals surface area contributed by atoms with Gasteiger partial charge in [0.2, 0.25) is 0 Å². The molecular formula is C34H53N. The molecule has 0 saturated heterocycles. The van der Waals surface area contributed by atoms with Crippen LogP contribution in [0.2, 0.25) is 0 Å². The lowest BCUT2D eigenvalue weighted by Crippen LogP contribution is -2.15. The van der Waals surface area contributed by atoms with Gasteiger partial charge < -0.3 is 0 Å². The molecule has 1 aliphatic rings. The maximum absolute atomic E-state index is 4.81. The quantitative estimate of drug-likeness (QED) is 0.207. The minimum absolute atomic E-state index is 0.935. The second-order valence-electron chi connectivity index (χ2n) is 11.4. The van der Waals surface area contributed by atoms with E-state index in [2.05, 4.69) is 56.4 Å². The van der Waals surface area contributed by atoms with Crippen LogP contribution in [0.4, 0.5) is 0 Å². The molecule has 1 aromatic heterocycles. The van der Waals surface area contributed by atoms with E-state index < -0.39 is 0 Å². The fraction of sp³-hybridized carbons (Fsp3) is 0.676. The van der Waals surface area contributed by atoms with Crippen LogP contribution in [0.25, 0.3) is 11.3 Å². The Morgan fingerprint density at radius 1 is 0.571 bits per heavy atom. The largest absolute Gasteiger partial charge is 0.256 e. The van der Waals surface area contributed by atoms with Gasteiger partial charge in [-0.15, -0.1) is 0 Å². The molecule has 0 bridgehead atoms. The zero-order valence-corrected chi connectivity index (χ0v) is 23.1. The van der Waals surface area contributed by atoms with Crippen molar-refractivity contribution >= 4 is 0 Å². The molecule has 0 spiro atoms. The molecule has 0 atom stereocenters. The lowest BCUT2D eigenvalue weighted by Gasteiger charge is -2.28. The van der Waals surface area contributed by atoms with Crippen LogP contribution < -0.4 is 0 Å². The average molecular weight is 476 g/mol. The Balaban J connectivity index is 1.31. The Labute approximate surface area is 217 Å². The molecular weight excluding hydrogens is 422 g/mol. The molecule has 1 saturated carbocycles. The van der Waals surface area contributed by atoms with Gasteiger partial charge in [0, 0.05) is 11.8 Å². The van der Waals surface area contributed by atoms with Crippen molar-refractivity contribution in [1.29, 1.82) is 0 Å². The molecule has 1 nitrogen and oxygen atoms in total. The summed E-state index contributed by atoms with van der Waals surface area (Å²) >= 11 is 0. The van der Waals surface area contributed by atoms with Crippen molar-refractivity contribution in [3.05, 3.63) is 53.7 Å². The smallest absolute Gasteiger partial charge is 0.0702 e. The Morgan fingerprint density at radius 2 is 1.14 bits per heavy atom. The normalized spacial score (nSPS) is 18.1. The molecule has 0 unspecified atom stereocenters. The van der Waals surface area contributed by atoms with E-state index in [1.807, 2.05) is 0 Å². The van der Waals surface area contributed by atoms with E-state index in [1.165, 1.54) is 139 Å². The van der Waals surface area contributed by atoms with E-state index in [-0.39, 0.29) is 0 Å². The number of benzene rings is 1. The zero-order valence-electron chi connectivity index (χ0n) is 23.1. The highest BCUT2D eigenvalue weighted by molar-refractivity contribution is 5.59. The SMILES string of the molecule is CCCCCCCC[C@H]1CC[C@H](CCc2ccc(-c3ccc(CCCCCCC)cc3)nc2)CC1. The lowest BCUT2D eigenvalue weighted by molar-refractivity contribution is 0.248. The Hall–Kier alpha value is -1.63. The number of pyridine rings is 1. The molecule has 194 valence electrons. The summed E-state index contributed by atoms with van der Waals surface area (Å²) in [6.07, 6.45) is 28.6. The van der Waals surface area contributed by atoms with Crippen LogP contribution in [0.15, 0.2) is 42.6 Å². The molecule has 1 heterocycles. The van der Waals surface area contributed by atoms with Crippen molar-refractivity contribution in [1.82, 2.24) is 4.98 Å². The van der Waals surface area contributed by atoms with Gasteiger partial charge >= 0.3 is 0 Å². The molecule has 1 fully saturated rings. The summed E-state index contributed by atoms with van der Waals surface area (Å²) in [4.78, 5) is 4.81. The molecule has 0 N–H and O–H groups in total. The predicted octanol–water partition coefficient (Wildman–Crippen LogP) is 10.8. The van der Waals surface area contributed by atoms with E-state index in [9.17, 15) is 0 Å². The van der Waals surface area contributed by atoms with Crippen LogP contribution in [-0.4, -0.2) is 4.98 Å². The third kappa shape index (κ3) is 10.9. The van der Waals surface area contributed by atoms with Crippen molar-refractivity contribution in [3.63, 3.8) is 0 Å². The number of aromatic nitrogens is 1. The first-order valence-corrected chi connectivity index (χ1v) is 15.3. The summed E-state index contributed by atoms with van der Waals surface area (Å²) in [6.45, 7) is 4.59. The van der Waals surface area contributed by atoms with Gasteiger partial charge in [0.1, 0.15) is 0 Å². The van der Waals surface area contributed by atoms with Crippen molar-refractivity contribution < 1.29 is 0 Å². The predicted molar refractivity (Wildman–Crippen MR) is 154 cm³/mol. The Morgan fingerprint density at radius 3 is 1.77 bits per heavy atom. The van der Waals surface area contributed by atoms with Gasteiger partial charge in [0.05, 0.1) is 5.69 Å². The summed E-state index contributed by atoms with van der Waals surface area (Å²) in [7, 11) is 0. The lowest BCUT2D eigenvalue weighted by atomic mass is 9.78. The van der Waals surface area contributed by atoms with Crippen molar-refractivity contribution in [2.75, 3.05) is 0 Å². The van der Waals surface area contributed by atoms with Crippen LogP contribution in [-0.2, 0) is 12.8 Å². The minimum atomic E-state index is 0.935. The van der Waals surface area contributed by atoms with Gasteiger partial charge in [0.15, 0.2) is 0 Å². The number of aryl methyl sites for hydroxylation is 2. The third-order valence-corrected chi connectivity index (χ3v) is 8.42. The molecule has 0 amide bonds. The summed E-state index contributed by atoms with van der Waals surface area (Å²) < 4.78 is 0. The monoisotopic (exact) mass is 475 g/mol. The first-order valence-electron chi connectivity index (χ1n) is 15.3. The highest BCUT2D eigenvalue weighted by Gasteiger charge is 2.20. The maximum Gasteiger partial charge on any atom is 0.0702 e. The van der Waals surface area contributed by atoms with Crippen molar-refractivity contribution in [3.8, 4) is 11.3 Å². The minimum Gasteiger partial charge on any atom is -0.256 e. The topological polar surface area (TPSA) is 12.9 Å². The molecule has 2 aromatic rings. The second kappa shape index (κ2) is 16.9. The molecule has 0 radical (unpaired) electrons. The fourth-order valence-electron chi connectivity index (χ4n) is 5.91. The number of rotatable bonds is 17. The Kier molecular flexibility index (Phi) is 13.5. The highest BCUT2D eigenvalue weighted by atomic mass is 14.7. The standard InChI is InChI=1S/C34H53N/c1-3-5-7-9-11-13-14-29-16-18-31(19-17-29)20-21-32-24-27-34(35-28-32)33-25-22-30(23-26-33)15-12-10-8-6-4-2/h22-29,31H,3-21H2,1-2H3/t29-,31-. The molecule has 35 heavy (non-hydrogen) atoms. The fourth-order valence-corrected chi connectivity index (χ4v) is 5.91. The number of hydrogen-bond acceptors (Lipinski definition) is 1. The van der Waals surface area contributed by atoms with E-state index in [4.69, 9.17) is 4.98 Å². The van der Waals surface area contributed by atoms with Crippen LogP contribution in [0.3, 0.4) is 0 Å². The second-order valence-corrected chi connectivity index (χ2v) is 11.4. The molecule has 1 aliphatic carbocycles.